The number of esters is 1. The zero-order valence-electron chi connectivity index (χ0n) is 28.7. The first-order valence-electron chi connectivity index (χ1n) is 17.1. The summed E-state index contributed by atoms with van der Waals surface area (Å²) in [6.07, 6.45) is -0.638. The van der Waals surface area contributed by atoms with E-state index in [4.69, 9.17) is 22.6 Å². The summed E-state index contributed by atoms with van der Waals surface area (Å²) < 4.78 is 39.3. The Morgan fingerprint density at radius 2 is 1.80 bits per heavy atom. The maximum Gasteiger partial charge on any atom is 0.306 e. The number of aliphatic hydroxyl groups excluding tert-OH is 1. The van der Waals surface area contributed by atoms with E-state index in [2.05, 4.69) is 61.8 Å². The normalized spacial score (nSPS) is 38.8. The minimum absolute atomic E-state index is 0.0139. The van der Waals surface area contributed by atoms with Crippen LogP contribution in [0.2, 0.25) is 0 Å². The SMILES string of the molecule is C=C1CCC2(CCC3C(C(=O)O)CC(O[C@H]4O[C@@H](C[125I])[C@@H](OSOO[O-])[C@H](OSOO[O-])C4OC(=O)CC(C)C)CC3(C)C2CCCC)[C@H]1O. The van der Waals surface area contributed by atoms with E-state index in [1.807, 2.05) is 13.8 Å². The second-order valence-electron chi connectivity index (χ2n) is 14.6. The van der Waals surface area contributed by atoms with Crippen molar-refractivity contribution >= 4 is 59.2 Å². The molecule has 288 valence electrons. The van der Waals surface area contributed by atoms with Gasteiger partial charge in [0.05, 0.1) is 18.1 Å². The molecule has 0 aromatic rings. The van der Waals surface area contributed by atoms with Gasteiger partial charge in [-0.15, -0.1) is 8.67 Å². The Kier molecular flexibility index (Phi) is 16.4. The summed E-state index contributed by atoms with van der Waals surface area (Å²) in [7, 11) is 0. The van der Waals surface area contributed by atoms with E-state index < -0.39 is 71.6 Å². The number of ether oxygens (including phenoxy) is 3. The average molecular weight is 863 g/mol. The number of rotatable bonds is 18. The number of halogens is 1. The molecule has 0 amide bonds. The number of carbonyl (C=O) groups is 2. The number of carbonyl (C=O) groups excluding carboxylic acids is 1. The molecule has 1 aliphatic heterocycles. The molecule has 3 saturated carbocycles. The van der Waals surface area contributed by atoms with E-state index in [1.165, 1.54) is 0 Å². The molecule has 0 radical (unpaired) electrons. The number of fused-ring (bicyclic) bond motifs is 1. The van der Waals surface area contributed by atoms with Gasteiger partial charge in [-0.2, -0.15) is 0 Å². The fourth-order valence-corrected chi connectivity index (χ4v) is 10.7. The lowest BCUT2D eigenvalue weighted by atomic mass is 9.44. The molecule has 4 fully saturated rings. The van der Waals surface area contributed by atoms with Crippen molar-refractivity contribution in [2.75, 3.05) is 4.43 Å². The van der Waals surface area contributed by atoms with Crippen LogP contribution in [0.25, 0.3) is 0 Å². The van der Waals surface area contributed by atoms with Crippen LogP contribution in [-0.2, 0) is 50.9 Å². The third kappa shape index (κ3) is 9.48. The van der Waals surface area contributed by atoms with Gasteiger partial charge in [-0.3, -0.25) is 28.0 Å². The number of carboxylic acids is 1. The molecule has 50 heavy (non-hydrogen) atoms. The van der Waals surface area contributed by atoms with Gasteiger partial charge in [0.2, 0.25) is 0 Å². The molecule has 1 saturated heterocycles. The van der Waals surface area contributed by atoms with Gasteiger partial charge in [-0.1, -0.05) is 69.7 Å². The fourth-order valence-electron chi connectivity index (χ4n) is 9.25. The lowest BCUT2D eigenvalue weighted by Crippen LogP contribution is -2.63. The molecule has 18 heteroatoms. The quantitative estimate of drug-likeness (QED) is 0.0228. The maximum absolute atomic E-state index is 13.1. The van der Waals surface area contributed by atoms with Gasteiger partial charge in [0.25, 0.3) is 0 Å². The summed E-state index contributed by atoms with van der Waals surface area (Å²) in [6, 6.07) is 0. The smallest absolute Gasteiger partial charge is 0.306 e. The van der Waals surface area contributed by atoms with Crippen LogP contribution >= 0.6 is 47.2 Å². The molecule has 1 heterocycles. The number of hydrogen-bond donors (Lipinski definition) is 2. The highest BCUT2D eigenvalue weighted by atomic mass is 125. The molecule has 1 spiro atoms. The van der Waals surface area contributed by atoms with Crippen LogP contribution in [0.1, 0.15) is 91.9 Å². The number of unbranched alkanes of at least 4 members (excludes halogenated alkanes) is 1. The van der Waals surface area contributed by atoms with Crippen molar-refractivity contribution in [1.29, 1.82) is 0 Å². The van der Waals surface area contributed by atoms with Gasteiger partial charge in [0.1, 0.15) is 18.3 Å². The van der Waals surface area contributed by atoms with Crippen LogP contribution < -0.4 is 10.5 Å². The highest BCUT2D eigenvalue weighted by Gasteiger charge is 2.64. The minimum atomic E-state index is -1.32. The number of hydrogen-bond acceptors (Lipinski definition) is 16. The fraction of sp³-hybridized carbons (Fsp3) is 0.875. The second kappa shape index (κ2) is 19.3. The molecule has 15 nitrogen and oxygen atoms in total. The summed E-state index contributed by atoms with van der Waals surface area (Å²) in [5.41, 5.74) is -0.0891. The molecule has 3 aliphatic carbocycles. The topological polar surface area (TPSA) is 204 Å². The Labute approximate surface area is 315 Å². The van der Waals surface area contributed by atoms with Crippen molar-refractivity contribution in [3.8, 4) is 0 Å². The Morgan fingerprint density at radius 3 is 2.36 bits per heavy atom. The first-order chi connectivity index (χ1) is 23.9. The van der Waals surface area contributed by atoms with Crippen molar-refractivity contribution in [2.24, 2.45) is 34.5 Å². The van der Waals surface area contributed by atoms with Crippen molar-refractivity contribution in [1.82, 2.24) is 0 Å². The predicted octanol–water partition coefficient (Wildman–Crippen LogP) is 4.25. The molecule has 2 N–H and O–H groups in total. The largest absolute Gasteiger partial charge is 0.691 e. The lowest BCUT2D eigenvalue weighted by Gasteiger charge is -2.62. The molecule has 12 atom stereocenters. The lowest BCUT2D eigenvalue weighted by molar-refractivity contribution is -0.778. The van der Waals surface area contributed by atoms with Crippen molar-refractivity contribution in [2.45, 2.75) is 135 Å². The van der Waals surface area contributed by atoms with Gasteiger partial charge in [0.15, 0.2) is 37.0 Å². The Hall–Kier alpha value is -0.330. The minimum Gasteiger partial charge on any atom is -0.691 e. The van der Waals surface area contributed by atoms with Crippen LogP contribution in [0.4, 0.5) is 0 Å². The summed E-state index contributed by atoms with van der Waals surface area (Å²) in [5, 5.41) is 50.1. The first-order valence-corrected chi connectivity index (χ1v) is 19.9. The Morgan fingerprint density at radius 1 is 1.12 bits per heavy atom. The summed E-state index contributed by atoms with van der Waals surface area (Å²) in [5.74, 6) is -2.42. The van der Waals surface area contributed by atoms with Crippen LogP contribution in [0, 0.1) is 34.5 Å². The molecular weight excluding hydrogens is 813 g/mol. The summed E-state index contributed by atoms with van der Waals surface area (Å²) >= 11 is 2.44. The van der Waals surface area contributed by atoms with Crippen LogP contribution in [0.5, 0.6) is 0 Å². The zero-order valence-corrected chi connectivity index (χ0v) is 32.5. The third-order valence-corrected chi connectivity index (χ3v) is 13.0. The Bertz CT molecular complexity index is 1140. The molecular formula is C32H49IO15S2-2. The third-order valence-electron chi connectivity index (χ3n) is 11.3. The van der Waals surface area contributed by atoms with Gasteiger partial charge in [0, 0.05) is 16.3 Å². The van der Waals surface area contributed by atoms with Gasteiger partial charge in [-0.25, -0.2) is 0 Å². The van der Waals surface area contributed by atoms with Gasteiger partial charge in [-0.05, 0) is 73.7 Å². The molecule has 4 rings (SSSR count). The number of carboxylic acid groups (broad SMARTS) is 1. The van der Waals surface area contributed by atoms with Crippen molar-refractivity contribution < 1.29 is 71.6 Å². The van der Waals surface area contributed by atoms with E-state index in [9.17, 15) is 30.3 Å². The highest BCUT2D eigenvalue weighted by Crippen LogP contribution is 2.67. The van der Waals surface area contributed by atoms with Crippen LogP contribution in [-0.4, -0.2) is 69.5 Å². The van der Waals surface area contributed by atoms with E-state index in [-0.39, 0.29) is 55.2 Å². The number of aliphatic carboxylic acids is 1. The van der Waals surface area contributed by atoms with E-state index >= 15 is 0 Å². The average Bonchev–Trinajstić information content (AvgIpc) is 3.34. The van der Waals surface area contributed by atoms with E-state index in [0.29, 0.717) is 17.3 Å². The van der Waals surface area contributed by atoms with E-state index in [0.717, 1.165) is 44.1 Å². The number of aliphatic hydroxyl groups is 1. The highest BCUT2D eigenvalue weighted by molar-refractivity contribution is 14.1. The molecule has 0 bridgehead atoms. The predicted molar refractivity (Wildman–Crippen MR) is 182 cm³/mol. The monoisotopic (exact) mass is 862 g/mol. The van der Waals surface area contributed by atoms with Gasteiger partial charge >= 0.3 is 11.9 Å². The molecule has 0 aromatic carbocycles. The van der Waals surface area contributed by atoms with Gasteiger partial charge < -0.3 is 34.9 Å². The molecule has 4 aliphatic rings. The van der Waals surface area contributed by atoms with E-state index in [1.54, 1.807) is 0 Å². The second-order valence-corrected chi connectivity index (χ2v) is 16.4. The standard InChI is InChI=1S/C32H51IO15S2/c1-6-7-8-23-31(5)15-19(14-20(29(36)37)21(31)10-12-32(23)11-9-18(4)28(32)35)40-30-27(42-24(34)13-17(2)3)26(44-50-48-46-39)25(22(16-33)41-30)43-49-47-45-38/h17,19-23,25-28,30,35,38-39H,4,6-16H2,1-3,5H3,(H,36,37)/p-2/t19?,20?,21?,22-,23?,25+,26-,27?,28-,30-,31?,32?/m0/s1/i33-2. The molecule has 0 aromatic heterocycles. The first kappa shape index (κ1) is 42.4. The van der Waals surface area contributed by atoms with Crippen molar-refractivity contribution in [3.63, 3.8) is 0 Å². The number of alkyl halides is 1. The van der Waals surface area contributed by atoms with Crippen molar-refractivity contribution in [3.05, 3.63) is 12.2 Å². The zero-order chi connectivity index (χ0) is 36.6. The van der Waals surface area contributed by atoms with Crippen LogP contribution in [0.15, 0.2) is 12.2 Å². The maximum atomic E-state index is 13.1. The summed E-state index contributed by atoms with van der Waals surface area (Å²) in [4.78, 5) is 26.1. The molecule has 7 unspecified atom stereocenters. The summed E-state index contributed by atoms with van der Waals surface area (Å²) in [6.45, 7) is 12.1. The van der Waals surface area contributed by atoms with Crippen LogP contribution in [0.3, 0.4) is 0 Å². The Balaban J connectivity index is 1.71.